The Labute approximate surface area is 218 Å². The van der Waals surface area contributed by atoms with Gasteiger partial charge in [0.2, 0.25) is 0 Å². The van der Waals surface area contributed by atoms with E-state index in [1.54, 1.807) is 66.2 Å². The van der Waals surface area contributed by atoms with Crippen LogP contribution in [0.25, 0.3) is 0 Å². The molecule has 1 aromatic heterocycles. The maximum Gasteiger partial charge on any atom is 0.272 e. The third-order valence-electron chi connectivity index (χ3n) is 6.16. The molecule has 0 saturated carbocycles. The van der Waals surface area contributed by atoms with Crippen molar-refractivity contribution in [2.75, 3.05) is 20.1 Å². The number of likely N-dealkylation sites (tertiary alicyclic amines) is 1. The number of pyridine rings is 1. The van der Waals surface area contributed by atoms with Gasteiger partial charge in [-0.2, -0.15) is 5.26 Å². The number of amides is 2. The van der Waals surface area contributed by atoms with E-state index < -0.39 is 0 Å². The zero-order valence-electron chi connectivity index (χ0n) is 19.0. The van der Waals surface area contributed by atoms with Gasteiger partial charge >= 0.3 is 0 Å². The molecule has 1 saturated heterocycles. The molecule has 0 N–H and O–H groups in total. The van der Waals surface area contributed by atoms with Gasteiger partial charge in [-0.15, -0.1) is 0 Å². The summed E-state index contributed by atoms with van der Waals surface area (Å²) in [6.45, 7) is 2.46. The number of aromatic nitrogens is 1. The van der Waals surface area contributed by atoms with E-state index in [0.29, 0.717) is 45.0 Å². The number of aryl methyl sites for hydroxylation is 1. The highest BCUT2D eigenvalue weighted by Gasteiger charge is 2.40. The fourth-order valence-corrected chi connectivity index (χ4v) is 4.92. The lowest BCUT2D eigenvalue weighted by molar-refractivity contribution is 0.0691. The second kappa shape index (κ2) is 10.2. The van der Waals surface area contributed by atoms with Gasteiger partial charge in [-0.05, 0) is 61.0 Å². The molecule has 9 heteroatoms. The predicted molar refractivity (Wildman–Crippen MR) is 136 cm³/mol. The highest BCUT2D eigenvalue weighted by atomic mass is 35.5. The fourth-order valence-electron chi connectivity index (χ4n) is 4.35. The average Bonchev–Trinajstić information content (AvgIpc) is 3.29. The molecule has 0 radical (unpaired) electrons. The quantitative estimate of drug-likeness (QED) is 0.442. The number of hydrogen-bond acceptors (Lipinski definition) is 4. The molecule has 2 amide bonds. The van der Waals surface area contributed by atoms with Gasteiger partial charge in [0.25, 0.3) is 11.8 Å². The monoisotopic (exact) mass is 526 g/mol. The Morgan fingerprint density at radius 1 is 1.03 bits per heavy atom. The van der Waals surface area contributed by atoms with Crippen LogP contribution in [-0.2, 0) is 0 Å². The van der Waals surface area contributed by atoms with E-state index in [4.69, 9.17) is 40.1 Å². The Kier molecular flexibility index (Phi) is 7.32. The maximum atomic E-state index is 13.4. The summed E-state index contributed by atoms with van der Waals surface area (Å²) in [6.07, 6.45) is 0. The van der Waals surface area contributed by atoms with Gasteiger partial charge in [0.1, 0.15) is 5.69 Å². The van der Waals surface area contributed by atoms with Crippen LogP contribution in [0.15, 0.2) is 54.6 Å². The van der Waals surface area contributed by atoms with Crippen LogP contribution in [0.5, 0.6) is 0 Å². The summed E-state index contributed by atoms with van der Waals surface area (Å²) in [5, 5.41) is 10.3. The molecule has 2 heterocycles. The molecule has 0 spiro atoms. The van der Waals surface area contributed by atoms with Crippen LogP contribution < -0.4 is 0 Å². The molecule has 0 bridgehead atoms. The first-order valence-electron chi connectivity index (χ1n) is 10.8. The van der Waals surface area contributed by atoms with Crippen LogP contribution in [0.4, 0.5) is 0 Å². The first-order valence-corrected chi connectivity index (χ1v) is 12.0. The number of hydrogen-bond donors (Lipinski definition) is 0. The summed E-state index contributed by atoms with van der Waals surface area (Å²) >= 11 is 18.6. The summed E-state index contributed by atoms with van der Waals surface area (Å²) in [5.74, 6) is -0.681. The molecule has 35 heavy (non-hydrogen) atoms. The highest BCUT2D eigenvalue weighted by molar-refractivity contribution is 6.42. The molecular formula is C26H21Cl3N4O2. The first-order chi connectivity index (χ1) is 16.7. The van der Waals surface area contributed by atoms with Crippen LogP contribution in [0.3, 0.4) is 0 Å². The minimum atomic E-state index is -0.344. The lowest BCUT2D eigenvalue weighted by Crippen LogP contribution is -2.42. The summed E-state index contributed by atoms with van der Waals surface area (Å²) in [5.41, 5.74) is 2.69. The van der Waals surface area contributed by atoms with E-state index in [1.807, 2.05) is 6.07 Å². The van der Waals surface area contributed by atoms with Crippen molar-refractivity contribution >= 4 is 46.6 Å². The zero-order valence-corrected chi connectivity index (χ0v) is 21.3. The zero-order chi connectivity index (χ0) is 25.3. The van der Waals surface area contributed by atoms with E-state index in [0.717, 1.165) is 5.56 Å². The lowest BCUT2D eigenvalue weighted by atomic mass is 9.93. The molecule has 1 unspecified atom stereocenters. The normalized spacial score (nSPS) is 17.2. The van der Waals surface area contributed by atoms with Crippen molar-refractivity contribution in [2.45, 2.75) is 18.9 Å². The largest absolute Gasteiger partial charge is 0.336 e. The third-order valence-corrected chi connectivity index (χ3v) is 7.12. The summed E-state index contributed by atoms with van der Waals surface area (Å²) < 4.78 is 0. The van der Waals surface area contributed by atoms with E-state index in [2.05, 4.69) is 11.1 Å². The number of rotatable bonds is 4. The molecule has 1 aliphatic rings. The minimum absolute atomic E-state index is 0.181. The van der Waals surface area contributed by atoms with Crippen molar-refractivity contribution < 1.29 is 9.59 Å². The molecule has 4 rings (SSSR count). The van der Waals surface area contributed by atoms with Crippen molar-refractivity contribution in [3.8, 4) is 6.07 Å². The van der Waals surface area contributed by atoms with Crippen LogP contribution in [0, 0.1) is 18.3 Å². The van der Waals surface area contributed by atoms with Gasteiger partial charge in [-0.3, -0.25) is 9.59 Å². The number of carbonyl (C=O) groups excluding carboxylic acids is 2. The topological polar surface area (TPSA) is 77.3 Å². The van der Waals surface area contributed by atoms with Crippen molar-refractivity contribution in [1.82, 2.24) is 14.8 Å². The van der Waals surface area contributed by atoms with Gasteiger partial charge in [0.05, 0.1) is 27.7 Å². The van der Waals surface area contributed by atoms with Gasteiger partial charge in [0, 0.05) is 42.3 Å². The molecule has 1 aliphatic heterocycles. The number of nitriles is 1. The van der Waals surface area contributed by atoms with Crippen LogP contribution in [0.2, 0.25) is 15.1 Å². The third kappa shape index (κ3) is 5.28. The fraction of sp³-hybridized carbons (Fsp3) is 0.231. The number of halogens is 3. The predicted octanol–water partition coefficient (Wildman–Crippen LogP) is 5.60. The Hall–Kier alpha value is -3.11. The molecule has 2 atom stereocenters. The van der Waals surface area contributed by atoms with E-state index in [-0.39, 0.29) is 29.5 Å². The first kappa shape index (κ1) is 25.0. The van der Waals surface area contributed by atoms with Crippen LogP contribution >= 0.6 is 34.8 Å². The Morgan fingerprint density at radius 2 is 1.74 bits per heavy atom. The summed E-state index contributed by atoms with van der Waals surface area (Å²) in [7, 11) is 1.70. The Balaban J connectivity index is 1.67. The van der Waals surface area contributed by atoms with Crippen molar-refractivity contribution in [1.29, 1.82) is 5.26 Å². The SMILES string of the molecule is Cc1cc(Cl)cc(C(=O)N(C)[C@@H]2CN(C(=O)c3ccc(C#N)cc3)CC2c2ccc(Cl)c(Cl)c2)n1. The molecule has 3 aromatic rings. The van der Waals surface area contributed by atoms with Gasteiger partial charge in [0.15, 0.2) is 0 Å². The van der Waals surface area contributed by atoms with Crippen molar-refractivity contribution in [3.63, 3.8) is 0 Å². The van der Waals surface area contributed by atoms with Crippen molar-refractivity contribution in [2.24, 2.45) is 0 Å². The second-order valence-corrected chi connectivity index (χ2v) is 9.73. The number of nitrogens with zero attached hydrogens (tertiary/aromatic N) is 4. The molecular weight excluding hydrogens is 507 g/mol. The van der Waals surface area contributed by atoms with Crippen LogP contribution in [-0.4, -0.2) is 52.8 Å². The van der Waals surface area contributed by atoms with Crippen LogP contribution in [0.1, 0.15) is 43.6 Å². The van der Waals surface area contributed by atoms with Gasteiger partial charge in [-0.1, -0.05) is 40.9 Å². The summed E-state index contributed by atoms with van der Waals surface area (Å²) in [6, 6.07) is 16.8. The van der Waals surface area contributed by atoms with Crippen molar-refractivity contribution in [3.05, 3.63) is 97.7 Å². The Bertz CT molecular complexity index is 1320. The molecule has 2 aromatic carbocycles. The van der Waals surface area contributed by atoms with E-state index in [9.17, 15) is 9.59 Å². The highest BCUT2D eigenvalue weighted by Crippen LogP contribution is 2.35. The van der Waals surface area contributed by atoms with Gasteiger partial charge in [-0.25, -0.2) is 4.98 Å². The molecule has 6 nitrogen and oxygen atoms in total. The number of likely N-dealkylation sites (N-methyl/N-ethyl adjacent to an activating group) is 1. The minimum Gasteiger partial charge on any atom is -0.336 e. The average molecular weight is 528 g/mol. The van der Waals surface area contributed by atoms with Gasteiger partial charge < -0.3 is 9.80 Å². The molecule has 1 fully saturated rings. The lowest BCUT2D eigenvalue weighted by Gasteiger charge is -2.29. The molecule has 178 valence electrons. The number of benzene rings is 2. The number of carbonyl (C=O) groups is 2. The summed E-state index contributed by atoms with van der Waals surface area (Å²) in [4.78, 5) is 34.3. The van der Waals surface area contributed by atoms with E-state index >= 15 is 0 Å². The standard InChI is InChI=1S/C26H21Cl3N4O2/c1-15-9-19(27)11-23(31-15)26(35)32(2)24-14-33(25(34)17-5-3-16(12-30)4-6-17)13-20(24)18-7-8-21(28)22(29)10-18/h3-11,20,24H,13-14H2,1-2H3/t20?,24-/m1/s1. The smallest absolute Gasteiger partial charge is 0.272 e. The Morgan fingerprint density at radius 3 is 2.37 bits per heavy atom. The van der Waals surface area contributed by atoms with E-state index in [1.165, 1.54) is 6.07 Å². The second-order valence-electron chi connectivity index (χ2n) is 8.47. The molecule has 0 aliphatic carbocycles. The maximum absolute atomic E-state index is 13.4.